The Morgan fingerprint density at radius 2 is 1.92 bits per heavy atom. The highest BCUT2D eigenvalue weighted by molar-refractivity contribution is 5.92. The maximum Gasteiger partial charge on any atom is 0.272 e. The summed E-state index contributed by atoms with van der Waals surface area (Å²) in [5, 5.41) is 18.8. The second-order valence-corrected chi connectivity index (χ2v) is 6.54. The number of hydrogen-bond donors (Lipinski definition) is 3. The first-order valence-corrected chi connectivity index (χ1v) is 8.72. The van der Waals surface area contributed by atoms with Crippen LogP contribution in [0.3, 0.4) is 0 Å². The largest absolute Gasteiger partial charge is 0.382 e. The summed E-state index contributed by atoms with van der Waals surface area (Å²) in [6, 6.07) is -0.494. The van der Waals surface area contributed by atoms with E-state index in [1.807, 2.05) is 6.92 Å². The van der Waals surface area contributed by atoms with Gasteiger partial charge in [-0.3, -0.25) is 19.6 Å². The monoisotopic (exact) mass is 341 g/mol. The van der Waals surface area contributed by atoms with E-state index in [4.69, 9.17) is 5.21 Å². The lowest BCUT2D eigenvalue weighted by atomic mass is 9.93. The molecule has 0 aliphatic carbocycles. The Labute approximate surface area is 141 Å². The summed E-state index contributed by atoms with van der Waals surface area (Å²) in [5.74, 6) is -2.35. The standard InChI is InChI=1S/C16H27N3O5/c1-2-3-6-11(13(20)14(21)17-24)15(22)19-10-4-7-12(19)16(23)18-8-5-9-18/h11-13,20,24H,2-10H2,1H3,(H,17,21)/t11?,12-,13?/m0/s1. The van der Waals surface area contributed by atoms with Gasteiger partial charge in [0.25, 0.3) is 5.91 Å². The third-order valence-electron chi connectivity index (χ3n) is 4.93. The van der Waals surface area contributed by atoms with Crippen LogP contribution >= 0.6 is 0 Å². The molecule has 0 spiro atoms. The number of rotatable bonds is 7. The molecular weight excluding hydrogens is 314 g/mol. The molecule has 2 heterocycles. The van der Waals surface area contributed by atoms with Crippen molar-refractivity contribution in [3.8, 4) is 0 Å². The summed E-state index contributed by atoms with van der Waals surface area (Å²) >= 11 is 0. The summed E-state index contributed by atoms with van der Waals surface area (Å²) in [4.78, 5) is 40.2. The van der Waals surface area contributed by atoms with Crippen molar-refractivity contribution >= 4 is 17.7 Å². The van der Waals surface area contributed by atoms with Crippen LogP contribution in [0, 0.1) is 5.92 Å². The maximum absolute atomic E-state index is 12.9. The molecule has 2 saturated heterocycles. The predicted molar refractivity (Wildman–Crippen MR) is 84.9 cm³/mol. The number of aliphatic hydroxyl groups excluding tert-OH is 1. The van der Waals surface area contributed by atoms with Crippen molar-refractivity contribution in [1.29, 1.82) is 0 Å². The predicted octanol–water partition coefficient (Wildman–Crippen LogP) is -0.118. The molecule has 0 aromatic rings. The molecule has 2 fully saturated rings. The number of amides is 3. The number of unbranched alkanes of at least 4 members (excludes halogenated alkanes) is 1. The molecule has 8 nitrogen and oxygen atoms in total. The molecule has 2 aliphatic rings. The highest BCUT2D eigenvalue weighted by atomic mass is 16.5. The fourth-order valence-corrected chi connectivity index (χ4v) is 3.34. The van der Waals surface area contributed by atoms with E-state index in [0.717, 1.165) is 32.4 Å². The Bertz CT molecular complexity index is 480. The quantitative estimate of drug-likeness (QED) is 0.442. The van der Waals surface area contributed by atoms with E-state index in [-0.39, 0.29) is 11.8 Å². The molecule has 8 heteroatoms. The van der Waals surface area contributed by atoms with E-state index in [9.17, 15) is 19.5 Å². The number of carbonyl (C=O) groups excluding carboxylic acids is 3. The van der Waals surface area contributed by atoms with Crippen molar-refractivity contribution < 1.29 is 24.7 Å². The molecular formula is C16H27N3O5. The molecule has 2 aliphatic heterocycles. The number of aliphatic hydroxyl groups is 1. The van der Waals surface area contributed by atoms with Crippen molar-refractivity contribution in [3.05, 3.63) is 0 Å². The van der Waals surface area contributed by atoms with Crippen LogP contribution in [0.4, 0.5) is 0 Å². The fourth-order valence-electron chi connectivity index (χ4n) is 3.34. The van der Waals surface area contributed by atoms with Crippen LogP contribution in [0.1, 0.15) is 45.4 Å². The minimum absolute atomic E-state index is 0.0394. The van der Waals surface area contributed by atoms with Gasteiger partial charge in [-0.25, -0.2) is 5.48 Å². The average molecular weight is 341 g/mol. The Morgan fingerprint density at radius 1 is 1.21 bits per heavy atom. The van der Waals surface area contributed by atoms with Crippen molar-refractivity contribution in [2.45, 2.75) is 57.6 Å². The first kappa shape index (κ1) is 18.7. The van der Waals surface area contributed by atoms with Crippen LogP contribution in [-0.4, -0.2) is 69.6 Å². The highest BCUT2D eigenvalue weighted by Crippen LogP contribution is 2.26. The van der Waals surface area contributed by atoms with Gasteiger partial charge in [0.05, 0.1) is 5.92 Å². The smallest absolute Gasteiger partial charge is 0.272 e. The van der Waals surface area contributed by atoms with Gasteiger partial charge in [-0.1, -0.05) is 19.8 Å². The molecule has 2 rings (SSSR count). The van der Waals surface area contributed by atoms with E-state index >= 15 is 0 Å². The number of nitrogens with one attached hydrogen (secondary N) is 1. The maximum atomic E-state index is 12.9. The average Bonchev–Trinajstić information content (AvgIpc) is 3.01. The molecule has 3 amide bonds. The zero-order chi connectivity index (χ0) is 17.7. The Hall–Kier alpha value is -1.67. The van der Waals surface area contributed by atoms with Gasteiger partial charge in [0, 0.05) is 19.6 Å². The molecule has 0 radical (unpaired) electrons. The molecule has 0 bridgehead atoms. The van der Waals surface area contributed by atoms with E-state index < -0.39 is 24.0 Å². The van der Waals surface area contributed by atoms with Crippen LogP contribution < -0.4 is 5.48 Å². The number of hydrogen-bond acceptors (Lipinski definition) is 5. The molecule has 0 aromatic heterocycles. The molecule has 2 unspecified atom stereocenters. The molecule has 136 valence electrons. The van der Waals surface area contributed by atoms with Crippen LogP contribution in [0.5, 0.6) is 0 Å². The molecule has 0 saturated carbocycles. The summed E-state index contributed by atoms with van der Waals surface area (Å²) < 4.78 is 0. The van der Waals surface area contributed by atoms with Gasteiger partial charge in [-0.15, -0.1) is 0 Å². The second-order valence-electron chi connectivity index (χ2n) is 6.54. The second kappa shape index (κ2) is 8.43. The van der Waals surface area contributed by atoms with Crippen LogP contribution in [0.15, 0.2) is 0 Å². The van der Waals surface area contributed by atoms with Gasteiger partial charge in [-0.2, -0.15) is 0 Å². The minimum Gasteiger partial charge on any atom is -0.382 e. The molecule has 0 aromatic carbocycles. The third-order valence-corrected chi connectivity index (χ3v) is 4.93. The Kier molecular flexibility index (Phi) is 6.56. The van der Waals surface area contributed by atoms with E-state index in [2.05, 4.69) is 0 Å². The minimum atomic E-state index is -1.62. The summed E-state index contributed by atoms with van der Waals surface area (Å²) in [6.07, 6.45) is 2.54. The number of likely N-dealkylation sites (tertiary alicyclic amines) is 2. The lowest BCUT2D eigenvalue weighted by Gasteiger charge is -2.37. The first-order valence-electron chi connectivity index (χ1n) is 8.72. The third kappa shape index (κ3) is 3.87. The van der Waals surface area contributed by atoms with Gasteiger partial charge in [0.2, 0.25) is 11.8 Å². The van der Waals surface area contributed by atoms with Crippen molar-refractivity contribution in [2.75, 3.05) is 19.6 Å². The van der Waals surface area contributed by atoms with Crippen LogP contribution in [0.2, 0.25) is 0 Å². The Balaban J connectivity index is 2.10. The molecule has 3 N–H and O–H groups in total. The molecule has 3 atom stereocenters. The van der Waals surface area contributed by atoms with Gasteiger partial charge in [-0.05, 0) is 25.7 Å². The normalized spacial score (nSPS) is 22.7. The Morgan fingerprint density at radius 3 is 2.46 bits per heavy atom. The number of nitrogens with zero attached hydrogens (tertiary/aromatic N) is 2. The number of carbonyl (C=O) groups is 3. The van der Waals surface area contributed by atoms with E-state index in [1.54, 1.807) is 4.90 Å². The molecule has 24 heavy (non-hydrogen) atoms. The fraction of sp³-hybridized carbons (Fsp3) is 0.812. The van der Waals surface area contributed by atoms with Gasteiger partial charge < -0.3 is 14.9 Å². The van der Waals surface area contributed by atoms with Gasteiger partial charge >= 0.3 is 0 Å². The van der Waals surface area contributed by atoms with Gasteiger partial charge in [0.1, 0.15) is 12.1 Å². The zero-order valence-corrected chi connectivity index (χ0v) is 14.1. The lowest BCUT2D eigenvalue weighted by Crippen LogP contribution is -2.54. The van der Waals surface area contributed by atoms with Crippen molar-refractivity contribution in [2.24, 2.45) is 5.92 Å². The summed E-state index contributed by atoms with van der Waals surface area (Å²) in [6.45, 7) is 3.86. The van der Waals surface area contributed by atoms with E-state index in [0.29, 0.717) is 25.8 Å². The van der Waals surface area contributed by atoms with Crippen molar-refractivity contribution in [1.82, 2.24) is 15.3 Å². The summed E-state index contributed by atoms with van der Waals surface area (Å²) in [5.41, 5.74) is 1.40. The van der Waals surface area contributed by atoms with Crippen LogP contribution in [0.25, 0.3) is 0 Å². The topological polar surface area (TPSA) is 110 Å². The van der Waals surface area contributed by atoms with Gasteiger partial charge in [0.15, 0.2) is 0 Å². The SMILES string of the molecule is CCCCC(C(=O)N1CCC[C@H]1C(=O)N1CCC1)C(O)C(=O)NO. The van der Waals surface area contributed by atoms with E-state index in [1.165, 1.54) is 10.4 Å². The highest BCUT2D eigenvalue weighted by Gasteiger charge is 2.42. The van der Waals surface area contributed by atoms with Crippen molar-refractivity contribution in [3.63, 3.8) is 0 Å². The van der Waals surface area contributed by atoms with Crippen LogP contribution in [-0.2, 0) is 14.4 Å². The lowest BCUT2D eigenvalue weighted by molar-refractivity contribution is -0.154. The zero-order valence-electron chi connectivity index (χ0n) is 14.1. The summed E-state index contributed by atoms with van der Waals surface area (Å²) in [7, 11) is 0. The first-order chi connectivity index (χ1) is 11.5. The number of hydroxylamine groups is 1.